The van der Waals surface area contributed by atoms with Gasteiger partial charge in [0.1, 0.15) is 0 Å². The normalized spacial score (nSPS) is 11.4. The number of pyridine rings is 1. The quantitative estimate of drug-likeness (QED) is 0.484. The van der Waals surface area contributed by atoms with E-state index in [-0.39, 0.29) is 0 Å². The predicted molar refractivity (Wildman–Crippen MR) is 76.8 cm³/mol. The summed E-state index contributed by atoms with van der Waals surface area (Å²) in [5.74, 6) is 0.297. The predicted octanol–water partition coefficient (Wildman–Crippen LogP) is 2.91. The van der Waals surface area contributed by atoms with Crippen LogP contribution < -0.4 is 5.73 Å². The average molecular weight is 246 g/mol. The van der Waals surface area contributed by atoms with Gasteiger partial charge in [-0.15, -0.1) is 0 Å². The number of nitrogens with zero attached hydrogens (tertiary/aromatic N) is 3. The molecule has 0 aliphatic heterocycles. The molecule has 0 amide bonds. The van der Waals surface area contributed by atoms with E-state index in [1.165, 1.54) is 0 Å². The van der Waals surface area contributed by atoms with Crippen LogP contribution in [0.5, 0.6) is 0 Å². The lowest BCUT2D eigenvalue weighted by molar-refractivity contribution is 1.25. The molecule has 0 radical (unpaired) electrons. The van der Waals surface area contributed by atoms with Crippen LogP contribution in [-0.2, 0) is 0 Å². The van der Waals surface area contributed by atoms with Crippen molar-refractivity contribution >= 4 is 38.4 Å². The van der Waals surface area contributed by atoms with Crippen molar-refractivity contribution in [1.29, 1.82) is 0 Å². The van der Waals surface area contributed by atoms with Crippen LogP contribution in [0.25, 0.3) is 32.4 Å². The number of fused-ring (bicyclic) bond motifs is 6. The third-order valence-corrected chi connectivity index (χ3v) is 3.39. The molecule has 2 aromatic carbocycles. The van der Waals surface area contributed by atoms with Crippen LogP contribution in [0.3, 0.4) is 0 Å². The molecule has 0 bridgehead atoms. The van der Waals surface area contributed by atoms with Crippen molar-refractivity contribution in [2.24, 2.45) is 0 Å². The minimum atomic E-state index is 0.297. The highest BCUT2D eigenvalue weighted by Gasteiger charge is 2.09. The van der Waals surface area contributed by atoms with Gasteiger partial charge in [-0.05, 0) is 16.8 Å². The van der Waals surface area contributed by atoms with Gasteiger partial charge in [0.05, 0.1) is 5.52 Å². The van der Waals surface area contributed by atoms with Crippen molar-refractivity contribution in [3.63, 3.8) is 0 Å². The average Bonchev–Trinajstić information content (AvgIpc) is 2.47. The van der Waals surface area contributed by atoms with Crippen molar-refractivity contribution in [3.8, 4) is 0 Å². The van der Waals surface area contributed by atoms with Crippen LogP contribution >= 0.6 is 0 Å². The summed E-state index contributed by atoms with van der Waals surface area (Å²) < 4.78 is 0. The monoisotopic (exact) mass is 246 g/mol. The van der Waals surface area contributed by atoms with E-state index in [0.29, 0.717) is 5.95 Å². The molecule has 4 heteroatoms. The van der Waals surface area contributed by atoms with Crippen molar-refractivity contribution in [1.82, 2.24) is 15.0 Å². The zero-order valence-electron chi connectivity index (χ0n) is 10.0. The Labute approximate surface area is 108 Å². The summed E-state index contributed by atoms with van der Waals surface area (Å²) in [6.45, 7) is 0. The van der Waals surface area contributed by atoms with Crippen molar-refractivity contribution in [2.75, 3.05) is 5.73 Å². The maximum atomic E-state index is 5.72. The fourth-order valence-corrected chi connectivity index (χ4v) is 2.57. The van der Waals surface area contributed by atoms with E-state index in [9.17, 15) is 0 Å². The minimum Gasteiger partial charge on any atom is -0.368 e. The Morgan fingerprint density at radius 2 is 1.58 bits per heavy atom. The molecule has 0 aliphatic rings. The Morgan fingerprint density at radius 1 is 0.789 bits per heavy atom. The van der Waals surface area contributed by atoms with E-state index >= 15 is 0 Å². The first kappa shape index (κ1) is 10.2. The number of aromatic nitrogens is 3. The molecule has 4 aromatic rings. The molecule has 19 heavy (non-hydrogen) atoms. The van der Waals surface area contributed by atoms with Gasteiger partial charge in [0.15, 0.2) is 0 Å². The maximum absolute atomic E-state index is 5.72. The molecule has 0 spiro atoms. The molecule has 0 unspecified atom stereocenters. The van der Waals surface area contributed by atoms with Crippen molar-refractivity contribution in [2.45, 2.75) is 0 Å². The fraction of sp³-hybridized carbons (Fsp3) is 0. The van der Waals surface area contributed by atoms with E-state index in [4.69, 9.17) is 5.73 Å². The Morgan fingerprint density at radius 3 is 2.47 bits per heavy atom. The van der Waals surface area contributed by atoms with Gasteiger partial charge in [0, 0.05) is 34.7 Å². The lowest BCUT2D eigenvalue weighted by Crippen LogP contribution is -1.95. The van der Waals surface area contributed by atoms with Crippen LogP contribution in [-0.4, -0.2) is 15.0 Å². The second-order valence-corrected chi connectivity index (χ2v) is 4.46. The van der Waals surface area contributed by atoms with Gasteiger partial charge in [0.2, 0.25) is 5.95 Å². The third kappa shape index (κ3) is 1.37. The summed E-state index contributed by atoms with van der Waals surface area (Å²) >= 11 is 0. The van der Waals surface area contributed by atoms with Gasteiger partial charge in [-0.25, -0.2) is 9.97 Å². The molecule has 2 aromatic heterocycles. The highest BCUT2D eigenvalue weighted by molar-refractivity contribution is 6.23. The Hall–Kier alpha value is -2.75. The highest BCUT2D eigenvalue weighted by Crippen LogP contribution is 2.32. The number of benzene rings is 2. The molecule has 90 valence electrons. The molecule has 0 atom stereocenters. The molecular weight excluding hydrogens is 236 g/mol. The molecule has 0 aliphatic carbocycles. The number of hydrogen-bond donors (Lipinski definition) is 1. The van der Waals surface area contributed by atoms with Crippen molar-refractivity contribution < 1.29 is 0 Å². The summed E-state index contributed by atoms with van der Waals surface area (Å²) in [7, 11) is 0. The van der Waals surface area contributed by atoms with Crippen LogP contribution in [0.2, 0.25) is 0 Å². The highest BCUT2D eigenvalue weighted by atomic mass is 15.0. The molecule has 4 nitrogen and oxygen atoms in total. The van der Waals surface area contributed by atoms with Gasteiger partial charge in [-0.2, -0.15) is 0 Å². The lowest BCUT2D eigenvalue weighted by atomic mass is 9.99. The maximum Gasteiger partial charge on any atom is 0.220 e. The molecule has 0 saturated carbocycles. The topological polar surface area (TPSA) is 64.7 Å². The second-order valence-electron chi connectivity index (χ2n) is 4.46. The zero-order chi connectivity index (χ0) is 12.8. The number of hydrogen-bond acceptors (Lipinski definition) is 4. The first-order valence-electron chi connectivity index (χ1n) is 6.01. The zero-order valence-corrected chi connectivity index (χ0v) is 10.0. The van der Waals surface area contributed by atoms with Crippen LogP contribution in [0.15, 0.2) is 48.9 Å². The second kappa shape index (κ2) is 3.62. The molecule has 0 saturated heterocycles. The van der Waals surface area contributed by atoms with E-state index in [1.54, 1.807) is 12.4 Å². The standard InChI is InChI=1S/C15H10N4/c16-15-18-8-13-10-5-6-17-7-12(10)9-3-1-2-4-11(9)14(13)19-15/h1-8H,(H2,16,18,19). The Balaban J connectivity index is 2.43. The lowest BCUT2D eigenvalue weighted by Gasteiger charge is -2.08. The minimum absolute atomic E-state index is 0.297. The molecule has 2 heterocycles. The van der Waals surface area contributed by atoms with Gasteiger partial charge in [-0.1, -0.05) is 24.3 Å². The van der Waals surface area contributed by atoms with Gasteiger partial charge < -0.3 is 5.73 Å². The molecule has 0 fully saturated rings. The first-order valence-corrected chi connectivity index (χ1v) is 6.01. The summed E-state index contributed by atoms with van der Waals surface area (Å²) in [6.07, 6.45) is 5.45. The number of rotatable bonds is 0. The summed E-state index contributed by atoms with van der Waals surface area (Å²) in [5, 5.41) is 5.43. The number of nitrogen functional groups attached to an aromatic ring is 1. The van der Waals surface area contributed by atoms with Crippen LogP contribution in [0.1, 0.15) is 0 Å². The Kier molecular flexibility index (Phi) is 1.94. The van der Waals surface area contributed by atoms with Gasteiger partial charge in [-0.3, -0.25) is 4.98 Å². The van der Waals surface area contributed by atoms with Gasteiger partial charge in [0.25, 0.3) is 0 Å². The first-order chi connectivity index (χ1) is 9.34. The number of nitrogens with two attached hydrogens (primary N) is 1. The van der Waals surface area contributed by atoms with Crippen LogP contribution in [0, 0.1) is 0 Å². The molecule has 2 N–H and O–H groups in total. The molecule has 4 rings (SSSR count). The summed E-state index contributed by atoms with van der Waals surface area (Å²) in [6, 6.07) is 10.1. The van der Waals surface area contributed by atoms with E-state index in [1.807, 2.05) is 24.4 Å². The molecular formula is C15H10N4. The van der Waals surface area contributed by atoms with E-state index in [2.05, 4.69) is 27.1 Å². The number of anilines is 1. The van der Waals surface area contributed by atoms with Crippen LogP contribution in [0.4, 0.5) is 5.95 Å². The van der Waals surface area contributed by atoms with E-state index < -0.39 is 0 Å². The van der Waals surface area contributed by atoms with Crippen molar-refractivity contribution in [3.05, 3.63) is 48.9 Å². The fourth-order valence-electron chi connectivity index (χ4n) is 2.57. The summed E-state index contributed by atoms with van der Waals surface area (Å²) in [5.41, 5.74) is 6.61. The largest absolute Gasteiger partial charge is 0.368 e. The summed E-state index contributed by atoms with van der Waals surface area (Å²) in [4.78, 5) is 12.7. The smallest absolute Gasteiger partial charge is 0.220 e. The Bertz CT molecular complexity index is 896. The third-order valence-electron chi connectivity index (χ3n) is 3.39. The SMILES string of the molecule is Nc1ncc2c3ccncc3c3ccccc3c2n1. The van der Waals surface area contributed by atoms with E-state index in [0.717, 1.165) is 32.4 Å². The van der Waals surface area contributed by atoms with Gasteiger partial charge >= 0.3 is 0 Å².